The summed E-state index contributed by atoms with van der Waals surface area (Å²) in [5.74, 6) is 0.701. The van der Waals surface area contributed by atoms with Gasteiger partial charge in [-0.25, -0.2) is 9.97 Å². The van der Waals surface area contributed by atoms with E-state index in [-0.39, 0.29) is 5.91 Å². The van der Waals surface area contributed by atoms with Crippen LogP contribution in [-0.4, -0.2) is 30.8 Å². The maximum absolute atomic E-state index is 12.1. The van der Waals surface area contributed by atoms with Crippen LogP contribution in [0.1, 0.15) is 17.8 Å². The van der Waals surface area contributed by atoms with Gasteiger partial charge in [-0.05, 0) is 38.1 Å². The lowest BCUT2D eigenvalue weighted by atomic mass is 10.2. The number of carbonyl (C=O) groups excluding carboxylic acids is 1. The molecule has 25 heavy (non-hydrogen) atoms. The average Bonchev–Trinajstić information content (AvgIpc) is 3.15. The van der Waals surface area contributed by atoms with Gasteiger partial charge in [-0.3, -0.25) is 4.79 Å². The first-order valence-corrected chi connectivity index (χ1v) is 9.04. The molecule has 1 N–H and O–H groups in total. The fourth-order valence-electron chi connectivity index (χ4n) is 2.41. The third-order valence-electron chi connectivity index (χ3n) is 4.02. The van der Waals surface area contributed by atoms with Crippen LogP contribution < -0.4 is 5.32 Å². The number of aryl methyl sites for hydroxylation is 2. The van der Waals surface area contributed by atoms with E-state index in [1.54, 1.807) is 18.0 Å². The Hall–Kier alpha value is -2.54. The van der Waals surface area contributed by atoms with Crippen molar-refractivity contribution in [1.82, 2.24) is 19.1 Å². The highest BCUT2D eigenvalue weighted by Crippen LogP contribution is 2.18. The molecule has 0 aliphatic carbocycles. The minimum Gasteiger partial charge on any atom is -0.329 e. The number of carbonyl (C=O) groups is 1. The maximum atomic E-state index is 12.1. The highest BCUT2D eigenvalue weighted by atomic mass is 32.2. The molecule has 0 radical (unpaired) electrons. The van der Waals surface area contributed by atoms with Crippen LogP contribution in [0.25, 0.3) is 5.69 Å². The molecule has 0 unspecified atom stereocenters. The Bertz CT molecular complexity index is 866. The molecular weight excluding hydrogens is 334 g/mol. The third-order valence-corrected chi connectivity index (χ3v) is 5.08. The monoisotopic (exact) mass is 355 g/mol. The van der Waals surface area contributed by atoms with Gasteiger partial charge in [-0.1, -0.05) is 11.8 Å². The molecule has 0 fully saturated rings. The van der Waals surface area contributed by atoms with Gasteiger partial charge in [0.15, 0.2) is 5.16 Å². The molecule has 0 saturated carbocycles. The van der Waals surface area contributed by atoms with Gasteiger partial charge in [0.05, 0.1) is 12.0 Å². The second-order valence-electron chi connectivity index (χ2n) is 5.80. The van der Waals surface area contributed by atoms with Gasteiger partial charge in [0.25, 0.3) is 0 Å². The van der Waals surface area contributed by atoms with Crippen molar-refractivity contribution in [1.29, 1.82) is 0 Å². The molecule has 0 bridgehead atoms. The quantitative estimate of drug-likeness (QED) is 0.689. The number of hydrogen-bond acceptors (Lipinski definition) is 4. The minimum atomic E-state index is 0.00381. The zero-order valence-corrected chi connectivity index (χ0v) is 15.4. The lowest BCUT2D eigenvalue weighted by Gasteiger charge is -2.08. The molecule has 130 valence electrons. The molecule has 0 spiro atoms. The lowest BCUT2D eigenvalue weighted by molar-refractivity contribution is -0.115. The molecule has 3 aromatic rings. The van der Waals surface area contributed by atoms with Crippen molar-refractivity contribution in [3.63, 3.8) is 0 Å². The Balaban J connectivity index is 1.53. The van der Waals surface area contributed by atoms with Gasteiger partial charge in [-0.2, -0.15) is 0 Å². The number of nitrogens with zero attached hydrogens (tertiary/aromatic N) is 4. The number of rotatable bonds is 6. The van der Waals surface area contributed by atoms with Crippen LogP contribution >= 0.6 is 11.8 Å². The first-order chi connectivity index (χ1) is 12.0. The van der Waals surface area contributed by atoms with E-state index >= 15 is 0 Å². The summed E-state index contributed by atoms with van der Waals surface area (Å²) in [7, 11) is 1.94. The first-order valence-electron chi connectivity index (χ1n) is 8.05. The molecule has 1 aromatic carbocycles. The van der Waals surface area contributed by atoms with Gasteiger partial charge < -0.3 is 14.5 Å². The van der Waals surface area contributed by atoms with Gasteiger partial charge in [0, 0.05) is 48.7 Å². The molecule has 1 amide bonds. The van der Waals surface area contributed by atoms with E-state index in [4.69, 9.17) is 0 Å². The Labute approximate surface area is 151 Å². The number of nitrogens with one attached hydrogen (secondary N) is 1. The molecule has 2 heterocycles. The van der Waals surface area contributed by atoms with E-state index in [1.165, 1.54) is 0 Å². The Kier molecular flexibility index (Phi) is 5.23. The standard InChI is InChI=1S/C18H21N5OS/c1-13-14(2)23(12-20-13)16-6-4-15(5-7-16)21-17(24)8-11-25-18-19-9-10-22(18)3/h4-7,9-10,12H,8,11H2,1-3H3,(H,21,24). The highest BCUT2D eigenvalue weighted by molar-refractivity contribution is 7.99. The summed E-state index contributed by atoms with van der Waals surface area (Å²) in [5.41, 5.74) is 3.96. The minimum absolute atomic E-state index is 0.00381. The number of thioether (sulfide) groups is 1. The molecule has 0 saturated heterocycles. The van der Waals surface area contributed by atoms with Crippen LogP contribution in [0.5, 0.6) is 0 Å². The number of hydrogen-bond donors (Lipinski definition) is 1. The van der Waals surface area contributed by atoms with Crippen LogP contribution in [0.15, 0.2) is 48.1 Å². The van der Waals surface area contributed by atoms with Crippen molar-refractivity contribution in [2.45, 2.75) is 25.4 Å². The molecule has 2 aromatic heterocycles. The lowest BCUT2D eigenvalue weighted by Crippen LogP contribution is -2.12. The summed E-state index contributed by atoms with van der Waals surface area (Å²) in [6.07, 6.45) is 5.91. The molecule has 6 nitrogen and oxygen atoms in total. The van der Waals surface area contributed by atoms with Gasteiger partial charge in [-0.15, -0.1) is 0 Å². The van der Waals surface area contributed by atoms with E-state index in [2.05, 4.69) is 15.3 Å². The van der Waals surface area contributed by atoms with Crippen LogP contribution in [0, 0.1) is 13.8 Å². The molecule has 7 heteroatoms. The largest absolute Gasteiger partial charge is 0.329 e. The van der Waals surface area contributed by atoms with Gasteiger partial charge >= 0.3 is 0 Å². The summed E-state index contributed by atoms with van der Waals surface area (Å²) in [6, 6.07) is 7.78. The highest BCUT2D eigenvalue weighted by Gasteiger charge is 2.07. The predicted molar refractivity (Wildman–Crippen MR) is 100 cm³/mol. The number of benzene rings is 1. The van der Waals surface area contributed by atoms with Crippen molar-refractivity contribution in [3.05, 3.63) is 54.4 Å². The smallest absolute Gasteiger partial charge is 0.225 e. The second-order valence-corrected chi connectivity index (χ2v) is 6.86. The van der Waals surface area contributed by atoms with Crippen molar-refractivity contribution in [2.24, 2.45) is 7.05 Å². The van der Waals surface area contributed by atoms with Crippen molar-refractivity contribution in [3.8, 4) is 5.69 Å². The summed E-state index contributed by atoms with van der Waals surface area (Å²) in [6.45, 7) is 4.03. The zero-order valence-electron chi connectivity index (χ0n) is 14.6. The van der Waals surface area contributed by atoms with E-state index in [9.17, 15) is 4.79 Å². The van der Waals surface area contributed by atoms with Crippen LogP contribution in [0.3, 0.4) is 0 Å². The van der Waals surface area contributed by atoms with Gasteiger partial charge in [0.1, 0.15) is 0 Å². The topological polar surface area (TPSA) is 64.7 Å². The van der Waals surface area contributed by atoms with Crippen LogP contribution in [0.4, 0.5) is 5.69 Å². The van der Waals surface area contributed by atoms with Crippen molar-refractivity contribution < 1.29 is 4.79 Å². The maximum Gasteiger partial charge on any atom is 0.225 e. The Morgan fingerprint density at radius 2 is 1.96 bits per heavy atom. The number of amides is 1. The predicted octanol–water partition coefficient (Wildman–Crippen LogP) is 3.34. The molecule has 0 aliphatic heterocycles. The fraction of sp³-hybridized carbons (Fsp3) is 0.278. The second kappa shape index (κ2) is 7.57. The van der Waals surface area contributed by atoms with Crippen molar-refractivity contribution in [2.75, 3.05) is 11.1 Å². The summed E-state index contributed by atoms with van der Waals surface area (Å²) < 4.78 is 3.98. The summed E-state index contributed by atoms with van der Waals surface area (Å²) >= 11 is 1.58. The zero-order chi connectivity index (χ0) is 17.8. The van der Waals surface area contributed by atoms with Crippen molar-refractivity contribution >= 4 is 23.4 Å². The van der Waals surface area contributed by atoms with E-state index < -0.39 is 0 Å². The Morgan fingerprint density at radius 1 is 1.20 bits per heavy atom. The number of anilines is 1. The number of aromatic nitrogens is 4. The van der Waals surface area contributed by atoms with Crippen LogP contribution in [0.2, 0.25) is 0 Å². The van der Waals surface area contributed by atoms with E-state index in [1.807, 2.05) is 66.8 Å². The SMILES string of the molecule is Cc1ncn(-c2ccc(NC(=O)CCSc3nccn3C)cc2)c1C. The van der Waals surface area contributed by atoms with E-state index in [0.29, 0.717) is 12.2 Å². The molecule has 0 aliphatic rings. The fourth-order valence-corrected chi connectivity index (χ4v) is 3.28. The molecule has 3 rings (SSSR count). The molecular formula is C18H21N5OS. The van der Waals surface area contributed by atoms with E-state index in [0.717, 1.165) is 27.9 Å². The normalized spacial score (nSPS) is 10.8. The molecule has 0 atom stereocenters. The van der Waals surface area contributed by atoms with Gasteiger partial charge in [0.2, 0.25) is 5.91 Å². The Morgan fingerprint density at radius 3 is 2.56 bits per heavy atom. The van der Waals surface area contributed by atoms with Crippen LogP contribution in [-0.2, 0) is 11.8 Å². The third kappa shape index (κ3) is 4.11. The summed E-state index contributed by atoms with van der Waals surface area (Å²) in [5, 5.41) is 3.85. The summed E-state index contributed by atoms with van der Waals surface area (Å²) in [4.78, 5) is 20.6. The average molecular weight is 355 g/mol. The number of imidazole rings is 2. The first kappa shape index (κ1) is 17.3.